The Balaban J connectivity index is 2.24. The Morgan fingerprint density at radius 2 is 1.67 bits per heavy atom. The van der Waals surface area contributed by atoms with Crippen molar-refractivity contribution in [3.05, 3.63) is 42.0 Å². The molecule has 0 aliphatic carbocycles. The topological polar surface area (TPSA) is 35.2 Å². The lowest BCUT2D eigenvalue weighted by atomic mass is 10.0. The number of anilines is 1. The van der Waals surface area contributed by atoms with Gasteiger partial charge in [0.15, 0.2) is 0 Å². The largest absolute Gasteiger partial charge is 0.456 e. The van der Waals surface area contributed by atoms with E-state index < -0.39 is 7.92 Å². The molecule has 0 amide bonds. The molecular formula is C18H22NOP. The molecular weight excluding hydrogens is 277 g/mol. The van der Waals surface area contributed by atoms with E-state index in [-0.39, 0.29) is 0 Å². The molecule has 2 aromatic carbocycles. The van der Waals surface area contributed by atoms with E-state index in [9.17, 15) is 0 Å². The van der Waals surface area contributed by atoms with Crippen LogP contribution in [0.2, 0.25) is 0 Å². The van der Waals surface area contributed by atoms with Gasteiger partial charge in [-0.05, 0) is 37.2 Å². The van der Waals surface area contributed by atoms with Gasteiger partial charge in [0.1, 0.15) is 11.5 Å². The Bertz CT molecular complexity index is 679. The quantitative estimate of drug-likeness (QED) is 0.661. The van der Waals surface area contributed by atoms with E-state index in [2.05, 4.69) is 58.0 Å². The molecule has 0 saturated carbocycles. The molecule has 2 N–H and O–H groups in total. The van der Waals surface area contributed by atoms with Crippen LogP contribution in [0.4, 0.5) is 5.69 Å². The second kappa shape index (κ2) is 5.35. The van der Waals surface area contributed by atoms with Crippen LogP contribution in [0.5, 0.6) is 11.5 Å². The average molecular weight is 299 g/mol. The molecule has 0 radical (unpaired) electrons. The number of ether oxygens (including phenoxy) is 1. The van der Waals surface area contributed by atoms with Crippen molar-refractivity contribution < 1.29 is 4.74 Å². The molecule has 0 spiro atoms. The van der Waals surface area contributed by atoms with Gasteiger partial charge < -0.3 is 10.5 Å². The first kappa shape index (κ1) is 14.4. The molecule has 1 aliphatic rings. The van der Waals surface area contributed by atoms with Gasteiger partial charge in [-0.15, -0.1) is 0 Å². The fraction of sp³-hybridized carbons (Fsp3) is 0.333. The first-order valence-electron chi connectivity index (χ1n) is 7.49. The van der Waals surface area contributed by atoms with E-state index in [1.54, 1.807) is 0 Å². The summed E-state index contributed by atoms with van der Waals surface area (Å²) in [5.74, 6) is 2.36. The van der Waals surface area contributed by atoms with Crippen molar-refractivity contribution in [3.63, 3.8) is 0 Å². The van der Waals surface area contributed by atoms with Gasteiger partial charge in [0.05, 0.1) is 0 Å². The first-order valence-corrected chi connectivity index (χ1v) is 8.90. The van der Waals surface area contributed by atoms with E-state index in [4.69, 9.17) is 10.5 Å². The third kappa shape index (κ3) is 2.32. The van der Waals surface area contributed by atoms with Crippen LogP contribution in [0, 0.1) is 0 Å². The Kier molecular flexibility index (Phi) is 3.67. The van der Waals surface area contributed by atoms with E-state index in [1.807, 2.05) is 6.07 Å². The molecule has 2 aromatic rings. The summed E-state index contributed by atoms with van der Waals surface area (Å²) < 4.78 is 6.11. The maximum absolute atomic E-state index is 6.53. The number of hydrogen-bond donors (Lipinski definition) is 1. The van der Waals surface area contributed by atoms with Crippen LogP contribution >= 0.6 is 7.92 Å². The number of fused-ring (bicyclic) bond motifs is 2. The van der Waals surface area contributed by atoms with Gasteiger partial charge in [0, 0.05) is 16.3 Å². The maximum Gasteiger partial charge on any atom is 0.137 e. The lowest BCUT2D eigenvalue weighted by Gasteiger charge is -2.33. The molecule has 1 aliphatic heterocycles. The van der Waals surface area contributed by atoms with Crippen LogP contribution in [-0.2, 0) is 0 Å². The fourth-order valence-corrected chi connectivity index (χ4v) is 5.62. The van der Waals surface area contributed by atoms with Crippen LogP contribution < -0.4 is 21.1 Å². The van der Waals surface area contributed by atoms with Crippen molar-refractivity contribution in [1.29, 1.82) is 0 Å². The Morgan fingerprint density at radius 3 is 2.33 bits per heavy atom. The van der Waals surface area contributed by atoms with Crippen LogP contribution in [0.3, 0.4) is 0 Å². The SMILES string of the molecule is CC(C)c1ccc2c(c1N)P(C(C)C)c1ccccc1O2. The molecule has 0 fully saturated rings. The van der Waals surface area contributed by atoms with Gasteiger partial charge in [0.2, 0.25) is 0 Å². The summed E-state index contributed by atoms with van der Waals surface area (Å²) in [6, 6.07) is 12.6. The number of hydrogen-bond acceptors (Lipinski definition) is 2. The van der Waals surface area contributed by atoms with Crippen molar-refractivity contribution in [1.82, 2.24) is 0 Å². The van der Waals surface area contributed by atoms with Crippen molar-refractivity contribution in [2.24, 2.45) is 0 Å². The smallest absolute Gasteiger partial charge is 0.137 e. The number of para-hydroxylation sites is 1. The minimum atomic E-state index is -0.474. The summed E-state index contributed by atoms with van der Waals surface area (Å²) in [4.78, 5) is 0. The van der Waals surface area contributed by atoms with Gasteiger partial charge in [-0.3, -0.25) is 0 Å². The first-order chi connectivity index (χ1) is 10.0. The standard InChI is InChI=1S/C18H22NOP/c1-11(2)13-9-10-15-18(17(13)19)21(12(3)4)16-8-6-5-7-14(16)20-15/h5-12H,19H2,1-4H3. The monoisotopic (exact) mass is 299 g/mol. The lowest BCUT2D eigenvalue weighted by Crippen LogP contribution is -2.28. The molecule has 1 unspecified atom stereocenters. The van der Waals surface area contributed by atoms with Crippen LogP contribution in [0.15, 0.2) is 36.4 Å². The molecule has 1 atom stereocenters. The summed E-state index contributed by atoms with van der Waals surface area (Å²) in [6.45, 7) is 8.93. The molecule has 110 valence electrons. The predicted octanol–water partition coefficient (Wildman–Crippen LogP) is 4.34. The molecule has 0 bridgehead atoms. The minimum Gasteiger partial charge on any atom is -0.456 e. The fourth-order valence-electron chi connectivity index (χ4n) is 2.96. The van der Waals surface area contributed by atoms with Crippen molar-refractivity contribution in [2.75, 3.05) is 5.73 Å². The van der Waals surface area contributed by atoms with Crippen LogP contribution in [0.1, 0.15) is 39.2 Å². The summed E-state index contributed by atoms with van der Waals surface area (Å²) in [5.41, 5.74) is 9.22. The number of nitrogens with two attached hydrogens (primary N) is 1. The van der Waals surface area contributed by atoms with E-state index >= 15 is 0 Å². The van der Waals surface area contributed by atoms with Crippen molar-refractivity contribution in [3.8, 4) is 11.5 Å². The van der Waals surface area contributed by atoms with E-state index in [1.165, 1.54) is 16.2 Å². The van der Waals surface area contributed by atoms with E-state index in [0.29, 0.717) is 11.6 Å². The molecule has 3 rings (SSSR count). The predicted molar refractivity (Wildman–Crippen MR) is 92.8 cm³/mol. The molecule has 3 heteroatoms. The Hall–Kier alpha value is -1.53. The van der Waals surface area contributed by atoms with Gasteiger partial charge in [-0.2, -0.15) is 0 Å². The molecule has 2 nitrogen and oxygen atoms in total. The lowest BCUT2D eigenvalue weighted by molar-refractivity contribution is 0.488. The minimum absolute atomic E-state index is 0.427. The van der Waals surface area contributed by atoms with E-state index in [0.717, 1.165) is 17.2 Å². The highest BCUT2D eigenvalue weighted by atomic mass is 31.1. The number of nitrogen functional groups attached to an aromatic ring is 1. The summed E-state index contributed by atoms with van der Waals surface area (Å²) in [5, 5.41) is 2.53. The molecule has 1 heterocycles. The molecule has 0 aromatic heterocycles. The molecule has 21 heavy (non-hydrogen) atoms. The zero-order chi connectivity index (χ0) is 15.1. The van der Waals surface area contributed by atoms with Crippen molar-refractivity contribution >= 4 is 24.2 Å². The second-order valence-electron chi connectivity index (χ2n) is 6.10. The Morgan fingerprint density at radius 1 is 0.952 bits per heavy atom. The van der Waals surface area contributed by atoms with Gasteiger partial charge in [-0.25, -0.2) is 0 Å². The highest BCUT2D eigenvalue weighted by Gasteiger charge is 2.32. The number of benzene rings is 2. The third-order valence-electron chi connectivity index (χ3n) is 3.94. The zero-order valence-electron chi connectivity index (χ0n) is 13.1. The van der Waals surface area contributed by atoms with Gasteiger partial charge >= 0.3 is 0 Å². The third-order valence-corrected chi connectivity index (χ3v) is 6.80. The number of rotatable bonds is 2. The summed E-state index contributed by atoms with van der Waals surface area (Å²) in [6.07, 6.45) is 0. The average Bonchev–Trinajstić information content (AvgIpc) is 2.44. The summed E-state index contributed by atoms with van der Waals surface area (Å²) in [7, 11) is -0.474. The van der Waals surface area contributed by atoms with Gasteiger partial charge in [-0.1, -0.05) is 52.0 Å². The normalized spacial score (nSPS) is 16.6. The summed E-state index contributed by atoms with van der Waals surface area (Å²) >= 11 is 0. The second-order valence-corrected chi connectivity index (χ2v) is 8.81. The highest BCUT2D eigenvalue weighted by Crippen LogP contribution is 2.51. The van der Waals surface area contributed by atoms with Crippen LogP contribution in [0.25, 0.3) is 0 Å². The maximum atomic E-state index is 6.53. The molecule has 0 saturated heterocycles. The zero-order valence-corrected chi connectivity index (χ0v) is 13.9. The van der Waals surface area contributed by atoms with Crippen molar-refractivity contribution in [2.45, 2.75) is 39.3 Å². The highest BCUT2D eigenvalue weighted by molar-refractivity contribution is 7.74. The van der Waals surface area contributed by atoms with Gasteiger partial charge in [0.25, 0.3) is 0 Å². The van der Waals surface area contributed by atoms with Crippen LogP contribution in [-0.4, -0.2) is 5.66 Å². The Labute approximate surface area is 128 Å².